The van der Waals surface area contributed by atoms with Crippen molar-refractivity contribution in [3.8, 4) is 11.4 Å². The first kappa shape index (κ1) is 23.7. The first-order valence-electron chi connectivity index (χ1n) is 10.4. The first-order valence-corrected chi connectivity index (χ1v) is 10.4. The summed E-state index contributed by atoms with van der Waals surface area (Å²) in [7, 11) is 0. The van der Waals surface area contributed by atoms with Crippen molar-refractivity contribution in [1.82, 2.24) is 15.0 Å². The lowest BCUT2D eigenvalue weighted by molar-refractivity contribution is -0.137. The molecule has 0 radical (unpaired) electrons. The van der Waals surface area contributed by atoms with Crippen LogP contribution in [0.5, 0.6) is 5.75 Å². The van der Waals surface area contributed by atoms with Crippen molar-refractivity contribution in [2.24, 2.45) is 0 Å². The van der Waals surface area contributed by atoms with E-state index in [-0.39, 0.29) is 16.7 Å². The highest BCUT2D eigenvalue weighted by Gasteiger charge is 2.31. The quantitative estimate of drug-likeness (QED) is 0.435. The smallest absolute Gasteiger partial charge is 0.416 e. The van der Waals surface area contributed by atoms with Crippen molar-refractivity contribution in [3.63, 3.8) is 0 Å². The topological polar surface area (TPSA) is 50.9 Å². The number of unbranched alkanes of at least 4 members (excludes halogenated alkanes) is 2. The molecule has 0 amide bonds. The van der Waals surface area contributed by atoms with Gasteiger partial charge in [-0.1, -0.05) is 59.9 Å². The van der Waals surface area contributed by atoms with Crippen LogP contribution in [0.3, 0.4) is 0 Å². The molecule has 0 saturated carbocycles. The predicted octanol–water partition coefficient (Wildman–Crippen LogP) is 7.03. The van der Waals surface area contributed by atoms with Gasteiger partial charge in [-0.25, -0.2) is 0 Å². The molecule has 0 atom stereocenters. The third kappa shape index (κ3) is 5.32. The lowest BCUT2D eigenvalue weighted by Gasteiger charge is -2.26. The van der Waals surface area contributed by atoms with Gasteiger partial charge in [0.25, 0.3) is 0 Å². The van der Waals surface area contributed by atoms with Gasteiger partial charge in [-0.15, -0.1) is 15.0 Å². The van der Waals surface area contributed by atoms with Gasteiger partial charge in [0, 0.05) is 0 Å². The van der Waals surface area contributed by atoms with E-state index in [0.717, 1.165) is 43.4 Å². The largest absolute Gasteiger partial charge is 0.506 e. The molecule has 0 saturated heterocycles. The highest BCUT2D eigenvalue weighted by Crippen LogP contribution is 2.34. The van der Waals surface area contributed by atoms with Gasteiger partial charge in [0.05, 0.1) is 5.56 Å². The first-order chi connectivity index (χ1) is 14.1. The average Bonchev–Trinajstić information content (AvgIpc) is 3.12. The zero-order valence-corrected chi connectivity index (χ0v) is 18.2. The van der Waals surface area contributed by atoms with E-state index in [0.29, 0.717) is 11.2 Å². The van der Waals surface area contributed by atoms with Crippen molar-refractivity contribution in [3.05, 3.63) is 47.5 Å². The van der Waals surface area contributed by atoms with Gasteiger partial charge >= 0.3 is 6.18 Å². The molecule has 0 unspecified atom stereocenters. The van der Waals surface area contributed by atoms with E-state index in [9.17, 15) is 18.3 Å². The molecule has 0 spiro atoms. The van der Waals surface area contributed by atoms with Crippen LogP contribution in [0.15, 0.2) is 36.4 Å². The molecule has 0 fully saturated rings. The minimum Gasteiger partial charge on any atom is -0.506 e. The maximum absolute atomic E-state index is 12.9. The Morgan fingerprint density at radius 2 is 1.53 bits per heavy atom. The number of fused-ring (bicyclic) bond motifs is 1. The highest BCUT2D eigenvalue weighted by molar-refractivity contribution is 5.75. The number of benzene rings is 2. The van der Waals surface area contributed by atoms with Gasteiger partial charge in [-0.3, -0.25) is 0 Å². The summed E-state index contributed by atoms with van der Waals surface area (Å²) in [5, 5.41) is 18.7. The second kappa shape index (κ2) is 9.49. The number of aromatic nitrogens is 3. The summed E-state index contributed by atoms with van der Waals surface area (Å²) in [6.45, 7) is 10.4. The lowest BCUT2D eigenvalue weighted by Crippen LogP contribution is -2.17. The molecule has 7 heteroatoms. The van der Waals surface area contributed by atoms with Crippen LogP contribution >= 0.6 is 0 Å². The molecule has 164 valence electrons. The normalized spacial score (nSPS) is 12.0. The Kier molecular flexibility index (Phi) is 7.50. The minimum absolute atomic E-state index is 0.0236. The van der Waals surface area contributed by atoms with E-state index >= 15 is 0 Å². The van der Waals surface area contributed by atoms with Gasteiger partial charge < -0.3 is 5.11 Å². The summed E-state index contributed by atoms with van der Waals surface area (Å²) in [6.07, 6.45) is -0.0521. The summed E-state index contributed by atoms with van der Waals surface area (Å²) in [6, 6.07) is 8.50. The lowest BCUT2D eigenvalue weighted by atomic mass is 9.80. The predicted molar refractivity (Wildman–Crippen MR) is 114 cm³/mol. The monoisotopic (exact) mass is 421 g/mol. The van der Waals surface area contributed by atoms with Crippen LogP contribution in [-0.4, -0.2) is 20.1 Å². The average molecular weight is 422 g/mol. The maximum Gasteiger partial charge on any atom is 0.416 e. The number of rotatable bonds is 6. The fourth-order valence-corrected chi connectivity index (χ4v) is 3.26. The number of aromatic hydroxyl groups is 1. The fraction of sp³-hybridized carbons (Fsp3) is 0.478. The van der Waals surface area contributed by atoms with Gasteiger partial charge in [-0.05, 0) is 47.7 Å². The third-order valence-corrected chi connectivity index (χ3v) is 5.09. The van der Waals surface area contributed by atoms with Crippen LogP contribution in [-0.2, 0) is 11.6 Å². The molecule has 3 aromatic rings. The third-order valence-electron chi connectivity index (χ3n) is 5.09. The van der Waals surface area contributed by atoms with Crippen LogP contribution < -0.4 is 0 Å². The van der Waals surface area contributed by atoms with Crippen LogP contribution in [0.2, 0.25) is 0 Å². The molecule has 1 heterocycles. The van der Waals surface area contributed by atoms with Crippen LogP contribution in [0.25, 0.3) is 16.7 Å². The molecule has 0 aliphatic heterocycles. The molecule has 30 heavy (non-hydrogen) atoms. The Morgan fingerprint density at radius 1 is 0.900 bits per heavy atom. The number of phenolic OH excluding ortho intramolecular Hbond substituents is 1. The summed E-state index contributed by atoms with van der Waals surface area (Å²) in [5.74, 6) is -0.0236. The number of hydrogen-bond acceptors (Lipinski definition) is 3. The number of phenols is 1. The van der Waals surface area contributed by atoms with Crippen molar-refractivity contribution in [2.75, 3.05) is 0 Å². The van der Waals surface area contributed by atoms with Gasteiger partial charge in [-0.2, -0.15) is 13.2 Å². The van der Waals surface area contributed by atoms with E-state index < -0.39 is 11.7 Å². The second-order valence-electron chi connectivity index (χ2n) is 7.74. The molecule has 1 N–H and O–H groups in total. The SMILES string of the molecule is CC.CCCCCC(C)(C)c1ccc(O)c(-n2nc3ccc(C(F)(F)F)cc3n2)c1. The van der Waals surface area contributed by atoms with Crippen LogP contribution in [0.1, 0.15) is 71.4 Å². The molecule has 4 nitrogen and oxygen atoms in total. The van der Waals surface area contributed by atoms with Gasteiger partial charge in [0.2, 0.25) is 0 Å². The standard InChI is InChI=1S/C21H24F3N3O.C2H6/c1-4-5-6-11-20(2,3)14-8-10-19(28)18(13-14)27-25-16-9-7-15(21(22,23)24)12-17(16)26-27;1-2/h7-10,12-13,28H,4-6,11H2,1-3H3;1-2H3. The summed E-state index contributed by atoms with van der Waals surface area (Å²) < 4.78 is 38.8. The van der Waals surface area contributed by atoms with Crippen LogP contribution in [0, 0.1) is 0 Å². The molecule has 3 rings (SSSR count). The van der Waals surface area contributed by atoms with Gasteiger partial charge in [0.1, 0.15) is 22.5 Å². The number of alkyl halides is 3. The zero-order valence-electron chi connectivity index (χ0n) is 18.2. The van der Waals surface area contributed by atoms with Crippen LogP contribution in [0.4, 0.5) is 13.2 Å². The van der Waals surface area contributed by atoms with E-state index in [1.165, 1.54) is 10.9 Å². The fourth-order valence-electron chi connectivity index (χ4n) is 3.26. The van der Waals surface area contributed by atoms with Crippen molar-refractivity contribution >= 4 is 11.0 Å². The summed E-state index contributed by atoms with van der Waals surface area (Å²) >= 11 is 0. The minimum atomic E-state index is -4.44. The van der Waals surface area contributed by atoms with Crippen molar-refractivity contribution < 1.29 is 18.3 Å². The maximum atomic E-state index is 12.9. The molecule has 0 aliphatic rings. The van der Waals surface area contributed by atoms with Crippen molar-refractivity contribution in [1.29, 1.82) is 0 Å². The molecule has 0 aliphatic carbocycles. The van der Waals surface area contributed by atoms with E-state index in [1.54, 1.807) is 6.07 Å². The Morgan fingerprint density at radius 3 is 2.17 bits per heavy atom. The summed E-state index contributed by atoms with van der Waals surface area (Å²) in [4.78, 5) is 1.20. The number of nitrogens with zero attached hydrogens (tertiary/aromatic N) is 3. The second-order valence-corrected chi connectivity index (χ2v) is 7.74. The Hall–Kier alpha value is -2.57. The molecular weight excluding hydrogens is 391 g/mol. The Bertz CT molecular complexity index is 977. The molecule has 1 aromatic heterocycles. The highest BCUT2D eigenvalue weighted by atomic mass is 19.4. The Balaban J connectivity index is 0.00000155. The van der Waals surface area contributed by atoms with E-state index in [4.69, 9.17) is 0 Å². The van der Waals surface area contributed by atoms with E-state index in [2.05, 4.69) is 31.0 Å². The summed E-state index contributed by atoms with van der Waals surface area (Å²) in [5.41, 5.74) is 0.955. The number of hydrogen-bond donors (Lipinski definition) is 1. The molecule has 2 aromatic carbocycles. The van der Waals surface area contributed by atoms with E-state index in [1.807, 2.05) is 26.0 Å². The number of halogens is 3. The Labute approximate surface area is 175 Å². The molecule has 0 bridgehead atoms. The zero-order chi connectivity index (χ0) is 22.5. The molecular formula is C23H30F3N3O. The van der Waals surface area contributed by atoms with Gasteiger partial charge in [0.15, 0.2) is 0 Å². The van der Waals surface area contributed by atoms with Crippen molar-refractivity contribution in [2.45, 2.75) is 71.9 Å².